The summed E-state index contributed by atoms with van der Waals surface area (Å²) in [6.07, 6.45) is 1.91. The Labute approximate surface area is 114 Å². The second-order valence-corrected chi connectivity index (χ2v) is 4.37. The first-order valence-corrected chi connectivity index (χ1v) is 5.96. The van der Waals surface area contributed by atoms with Gasteiger partial charge in [0.2, 0.25) is 0 Å². The van der Waals surface area contributed by atoms with E-state index in [4.69, 9.17) is 5.73 Å². The number of aryl methyl sites for hydroxylation is 1. The Bertz CT molecular complexity index is 802. The van der Waals surface area contributed by atoms with Gasteiger partial charge in [0.1, 0.15) is 5.82 Å². The highest BCUT2D eigenvalue weighted by Gasteiger charge is 2.14. The summed E-state index contributed by atoms with van der Waals surface area (Å²) in [4.78, 5) is 16.0. The van der Waals surface area contributed by atoms with E-state index in [0.29, 0.717) is 22.9 Å². The van der Waals surface area contributed by atoms with Crippen LogP contribution < -0.4 is 5.73 Å². The Morgan fingerprint density at radius 3 is 2.85 bits per heavy atom. The van der Waals surface area contributed by atoms with E-state index in [1.54, 1.807) is 6.07 Å². The van der Waals surface area contributed by atoms with Crippen molar-refractivity contribution < 1.29 is 9.53 Å². The van der Waals surface area contributed by atoms with E-state index >= 15 is 0 Å². The van der Waals surface area contributed by atoms with Gasteiger partial charge in [-0.1, -0.05) is 0 Å². The van der Waals surface area contributed by atoms with Gasteiger partial charge in [0.15, 0.2) is 11.5 Å². The van der Waals surface area contributed by atoms with Crippen molar-refractivity contribution >= 4 is 17.4 Å². The van der Waals surface area contributed by atoms with Crippen molar-refractivity contribution in [1.82, 2.24) is 19.2 Å². The average Bonchev–Trinajstić information content (AvgIpc) is 3.03. The first-order chi connectivity index (χ1) is 9.60. The highest BCUT2D eigenvalue weighted by molar-refractivity contribution is 5.91. The third-order valence-electron chi connectivity index (χ3n) is 3.06. The number of nitrogen functional groups attached to an aromatic ring is 1. The average molecular weight is 271 g/mol. The number of hydrogen-bond donors (Lipinski definition) is 1. The Balaban J connectivity index is 2.18. The summed E-state index contributed by atoms with van der Waals surface area (Å²) in [6.45, 7) is 0. The summed E-state index contributed by atoms with van der Waals surface area (Å²) in [5.41, 5.74) is 7.62. The summed E-state index contributed by atoms with van der Waals surface area (Å²) in [6, 6.07) is 6.93. The van der Waals surface area contributed by atoms with Crippen LogP contribution in [0.3, 0.4) is 0 Å². The van der Waals surface area contributed by atoms with Crippen molar-refractivity contribution in [2.45, 2.75) is 0 Å². The van der Waals surface area contributed by atoms with E-state index in [-0.39, 0.29) is 0 Å². The molecule has 0 spiro atoms. The number of esters is 1. The lowest BCUT2D eigenvalue weighted by molar-refractivity contribution is 0.0601. The van der Waals surface area contributed by atoms with Gasteiger partial charge in [-0.2, -0.15) is 4.52 Å². The number of fused-ring (bicyclic) bond motifs is 1. The monoisotopic (exact) mass is 271 g/mol. The topological polar surface area (TPSA) is 87.4 Å². The van der Waals surface area contributed by atoms with Gasteiger partial charge in [-0.05, 0) is 24.3 Å². The van der Waals surface area contributed by atoms with Crippen molar-refractivity contribution in [2.24, 2.45) is 7.05 Å². The maximum atomic E-state index is 11.6. The van der Waals surface area contributed by atoms with E-state index in [2.05, 4.69) is 14.8 Å². The fraction of sp³-hybridized carbons (Fsp3) is 0.154. The number of ether oxygens (including phenoxy) is 1. The number of rotatable bonds is 2. The predicted octanol–water partition coefficient (Wildman–Crippen LogP) is 1.10. The molecule has 0 aliphatic rings. The summed E-state index contributed by atoms with van der Waals surface area (Å²) in [5, 5.41) is 4.35. The lowest BCUT2D eigenvalue weighted by Crippen LogP contribution is -2.06. The molecule has 0 saturated heterocycles. The standard InChI is InChI=1S/C13H13N5O2/c1-17-5-3-4-9(17)12-15-11-7-8(13(19)20-2)6-10(14)18(11)16-12/h3-7H,14H2,1-2H3. The predicted molar refractivity (Wildman–Crippen MR) is 73.1 cm³/mol. The van der Waals surface area contributed by atoms with E-state index in [9.17, 15) is 4.79 Å². The number of hydrogen-bond acceptors (Lipinski definition) is 5. The van der Waals surface area contributed by atoms with Gasteiger partial charge < -0.3 is 15.0 Å². The molecular weight excluding hydrogens is 258 g/mol. The van der Waals surface area contributed by atoms with Crippen LogP contribution >= 0.6 is 0 Å². The molecule has 3 aromatic rings. The van der Waals surface area contributed by atoms with E-state index in [1.807, 2.05) is 29.9 Å². The highest BCUT2D eigenvalue weighted by atomic mass is 16.5. The molecule has 2 N–H and O–H groups in total. The number of carbonyl (C=O) groups is 1. The van der Waals surface area contributed by atoms with Crippen LogP contribution in [0.5, 0.6) is 0 Å². The molecule has 0 atom stereocenters. The van der Waals surface area contributed by atoms with Gasteiger partial charge in [-0.3, -0.25) is 0 Å². The van der Waals surface area contributed by atoms with Crippen LogP contribution in [0.15, 0.2) is 30.5 Å². The summed E-state index contributed by atoms with van der Waals surface area (Å²) < 4.78 is 8.09. The van der Waals surface area contributed by atoms with Crippen LogP contribution in [-0.2, 0) is 11.8 Å². The SMILES string of the molecule is COC(=O)c1cc(N)n2nc(-c3cccn3C)nc2c1. The smallest absolute Gasteiger partial charge is 0.338 e. The van der Waals surface area contributed by atoms with Gasteiger partial charge in [0.05, 0.1) is 18.4 Å². The molecule has 0 radical (unpaired) electrons. The van der Waals surface area contributed by atoms with Crippen molar-refractivity contribution in [2.75, 3.05) is 12.8 Å². The van der Waals surface area contributed by atoms with Crippen LogP contribution in [0.25, 0.3) is 17.2 Å². The third-order valence-corrected chi connectivity index (χ3v) is 3.06. The zero-order valence-electron chi connectivity index (χ0n) is 11.1. The number of aromatic nitrogens is 4. The Morgan fingerprint density at radius 2 is 2.20 bits per heavy atom. The molecule has 0 aliphatic carbocycles. The Kier molecular flexibility index (Phi) is 2.67. The molecule has 3 heterocycles. The van der Waals surface area contributed by atoms with Gasteiger partial charge in [0, 0.05) is 13.2 Å². The van der Waals surface area contributed by atoms with Gasteiger partial charge in [-0.15, -0.1) is 5.10 Å². The fourth-order valence-electron chi connectivity index (χ4n) is 2.05. The van der Waals surface area contributed by atoms with Crippen molar-refractivity contribution in [1.29, 1.82) is 0 Å². The number of anilines is 1. The largest absolute Gasteiger partial charge is 0.465 e. The molecule has 0 aliphatic heterocycles. The highest BCUT2D eigenvalue weighted by Crippen LogP contribution is 2.19. The Hall–Kier alpha value is -2.83. The van der Waals surface area contributed by atoms with Crippen LogP contribution in [0, 0.1) is 0 Å². The second kappa shape index (κ2) is 4.37. The molecule has 0 fully saturated rings. The molecule has 3 rings (SSSR count). The van der Waals surface area contributed by atoms with E-state index < -0.39 is 5.97 Å². The maximum absolute atomic E-state index is 11.6. The molecule has 0 aromatic carbocycles. The van der Waals surface area contributed by atoms with Crippen molar-refractivity contribution in [3.05, 3.63) is 36.0 Å². The fourth-order valence-corrected chi connectivity index (χ4v) is 2.05. The number of carbonyl (C=O) groups excluding carboxylic acids is 1. The van der Waals surface area contributed by atoms with Crippen LogP contribution in [0.1, 0.15) is 10.4 Å². The van der Waals surface area contributed by atoms with Gasteiger partial charge in [-0.25, -0.2) is 9.78 Å². The third kappa shape index (κ3) is 1.80. The minimum atomic E-state index is -0.456. The van der Waals surface area contributed by atoms with E-state index in [1.165, 1.54) is 17.7 Å². The molecule has 0 saturated carbocycles. The van der Waals surface area contributed by atoms with Gasteiger partial charge in [0.25, 0.3) is 0 Å². The normalized spacial score (nSPS) is 10.9. The molecule has 7 heteroatoms. The molecule has 0 bridgehead atoms. The number of nitrogens with zero attached hydrogens (tertiary/aromatic N) is 4. The molecule has 102 valence electrons. The lowest BCUT2D eigenvalue weighted by atomic mass is 10.2. The van der Waals surface area contributed by atoms with Crippen LogP contribution in [0.4, 0.5) is 5.82 Å². The lowest BCUT2D eigenvalue weighted by Gasteiger charge is -2.01. The summed E-state index contributed by atoms with van der Waals surface area (Å²) >= 11 is 0. The zero-order valence-corrected chi connectivity index (χ0v) is 11.1. The summed E-state index contributed by atoms with van der Waals surface area (Å²) in [7, 11) is 3.23. The number of nitrogens with two attached hydrogens (primary N) is 1. The summed E-state index contributed by atoms with van der Waals surface area (Å²) in [5.74, 6) is 0.421. The molecule has 20 heavy (non-hydrogen) atoms. The van der Waals surface area contributed by atoms with Crippen molar-refractivity contribution in [3.63, 3.8) is 0 Å². The number of pyridine rings is 1. The first-order valence-electron chi connectivity index (χ1n) is 5.96. The Morgan fingerprint density at radius 1 is 1.40 bits per heavy atom. The van der Waals surface area contributed by atoms with Gasteiger partial charge >= 0.3 is 5.97 Å². The quantitative estimate of drug-likeness (QED) is 0.705. The molecule has 3 aromatic heterocycles. The minimum Gasteiger partial charge on any atom is -0.465 e. The number of methoxy groups -OCH3 is 1. The van der Waals surface area contributed by atoms with Crippen LogP contribution in [-0.4, -0.2) is 32.2 Å². The minimum absolute atomic E-state index is 0.329. The molecular formula is C13H13N5O2. The molecule has 7 nitrogen and oxygen atoms in total. The first kappa shape index (κ1) is 12.2. The second-order valence-electron chi connectivity index (χ2n) is 4.37. The zero-order chi connectivity index (χ0) is 14.3. The van der Waals surface area contributed by atoms with E-state index in [0.717, 1.165) is 5.69 Å². The maximum Gasteiger partial charge on any atom is 0.338 e. The van der Waals surface area contributed by atoms with Crippen molar-refractivity contribution in [3.8, 4) is 11.5 Å². The van der Waals surface area contributed by atoms with Crippen LogP contribution in [0.2, 0.25) is 0 Å². The molecule has 0 amide bonds. The molecule has 0 unspecified atom stereocenters.